The molecule has 0 aromatic carbocycles. The number of carbonyl (C=O) groups excluding carboxylic acids is 1. The summed E-state index contributed by atoms with van der Waals surface area (Å²) >= 11 is 1.68. The van der Waals surface area contributed by atoms with Crippen molar-refractivity contribution >= 4 is 17.3 Å². The Morgan fingerprint density at radius 1 is 1.73 bits per heavy atom. The Hall–Kier alpha value is -0.870. The standard InChI is InChI=1S/C11H15NO2S/c1-14-11(13)7-9(12-8-4-5-8)10-3-2-6-15-10/h2-3,6,8-9,12H,4-5,7H2,1H3. The Balaban J connectivity index is 1.98. The highest BCUT2D eigenvalue weighted by molar-refractivity contribution is 7.10. The smallest absolute Gasteiger partial charge is 0.307 e. The van der Waals surface area contributed by atoms with Crippen LogP contribution in [0.15, 0.2) is 17.5 Å². The van der Waals surface area contributed by atoms with Gasteiger partial charge in [-0.3, -0.25) is 4.79 Å². The van der Waals surface area contributed by atoms with Crippen molar-refractivity contribution in [3.63, 3.8) is 0 Å². The zero-order valence-electron chi connectivity index (χ0n) is 8.73. The molecule has 0 aliphatic heterocycles. The van der Waals surface area contributed by atoms with E-state index in [4.69, 9.17) is 4.74 Å². The molecule has 2 rings (SSSR count). The van der Waals surface area contributed by atoms with Gasteiger partial charge in [0, 0.05) is 10.9 Å². The highest BCUT2D eigenvalue weighted by atomic mass is 32.1. The maximum Gasteiger partial charge on any atom is 0.307 e. The van der Waals surface area contributed by atoms with E-state index < -0.39 is 0 Å². The number of hydrogen-bond donors (Lipinski definition) is 1. The zero-order chi connectivity index (χ0) is 10.7. The van der Waals surface area contributed by atoms with Crippen LogP contribution in [-0.4, -0.2) is 19.1 Å². The second-order valence-corrected chi connectivity index (χ2v) is 4.77. The molecule has 1 atom stereocenters. The molecule has 1 aromatic heterocycles. The lowest BCUT2D eigenvalue weighted by molar-refractivity contribution is -0.141. The van der Waals surface area contributed by atoms with Crippen molar-refractivity contribution in [1.29, 1.82) is 0 Å². The Morgan fingerprint density at radius 3 is 3.07 bits per heavy atom. The summed E-state index contributed by atoms with van der Waals surface area (Å²) in [7, 11) is 1.44. The van der Waals surface area contributed by atoms with E-state index in [-0.39, 0.29) is 12.0 Å². The van der Waals surface area contributed by atoms with Crippen LogP contribution in [0.1, 0.15) is 30.2 Å². The third-order valence-corrected chi connectivity index (χ3v) is 3.49. The Kier molecular flexibility index (Phi) is 3.38. The first kappa shape index (κ1) is 10.6. The third-order valence-electron chi connectivity index (χ3n) is 2.50. The number of carbonyl (C=O) groups is 1. The Bertz CT molecular complexity index is 319. The number of esters is 1. The summed E-state index contributed by atoms with van der Waals surface area (Å²) in [5.41, 5.74) is 0. The second kappa shape index (κ2) is 4.77. The fraction of sp³-hybridized carbons (Fsp3) is 0.545. The molecule has 0 amide bonds. The number of thiophene rings is 1. The third kappa shape index (κ3) is 3.04. The van der Waals surface area contributed by atoms with Crippen LogP contribution in [-0.2, 0) is 9.53 Å². The van der Waals surface area contributed by atoms with E-state index in [1.165, 1.54) is 24.8 Å². The molecule has 1 heterocycles. The summed E-state index contributed by atoms with van der Waals surface area (Å²) in [6.45, 7) is 0. The molecule has 0 radical (unpaired) electrons. The quantitative estimate of drug-likeness (QED) is 0.780. The number of ether oxygens (including phenoxy) is 1. The predicted octanol–water partition coefficient (Wildman–Crippen LogP) is 2.10. The van der Waals surface area contributed by atoms with Gasteiger partial charge in [-0.15, -0.1) is 11.3 Å². The van der Waals surface area contributed by atoms with Crippen molar-refractivity contribution in [3.05, 3.63) is 22.4 Å². The van der Waals surface area contributed by atoms with Crippen molar-refractivity contribution in [3.8, 4) is 0 Å². The van der Waals surface area contributed by atoms with Gasteiger partial charge in [-0.1, -0.05) is 6.07 Å². The minimum Gasteiger partial charge on any atom is -0.469 e. The largest absolute Gasteiger partial charge is 0.469 e. The average Bonchev–Trinajstić information content (AvgIpc) is 2.89. The Morgan fingerprint density at radius 2 is 2.53 bits per heavy atom. The van der Waals surface area contributed by atoms with Crippen LogP contribution < -0.4 is 5.32 Å². The predicted molar refractivity (Wildman–Crippen MR) is 59.9 cm³/mol. The van der Waals surface area contributed by atoms with Gasteiger partial charge in [-0.05, 0) is 24.3 Å². The van der Waals surface area contributed by atoms with Gasteiger partial charge < -0.3 is 10.1 Å². The molecule has 1 fully saturated rings. The van der Waals surface area contributed by atoms with Crippen LogP contribution in [0.2, 0.25) is 0 Å². The molecule has 1 unspecified atom stereocenters. The first-order valence-corrected chi connectivity index (χ1v) is 6.04. The van der Waals surface area contributed by atoms with Gasteiger partial charge in [0.15, 0.2) is 0 Å². The number of nitrogens with one attached hydrogen (secondary N) is 1. The van der Waals surface area contributed by atoms with Crippen molar-refractivity contribution in [1.82, 2.24) is 5.32 Å². The number of rotatable bonds is 5. The van der Waals surface area contributed by atoms with E-state index in [1.54, 1.807) is 11.3 Å². The van der Waals surface area contributed by atoms with Crippen molar-refractivity contribution in [2.75, 3.05) is 7.11 Å². The molecule has 1 N–H and O–H groups in total. The zero-order valence-corrected chi connectivity index (χ0v) is 9.55. The van der Waals surface area contributed by atoms with Gasteiger partial charge in [0.25, 0.3) is 0 Å². The van der Waals surface area contributed by atoms with Crippen LogP contribution in [0.25, 0.3) is 0 Å². The Labute approximate surface area is 93.4 Å². The van der Waals surface area contributed by atoms with Gasteiger partial charge >= 0.3 is 5.97 Å². The monoisotopic (exact) mass is 225 g/mol. The average molecular weight is 225 g/mol. The molecule has 0 bridgehead atoms. The maximum absolute atomic E-state index is 11.3. The highest BCUT2D eigenvalue weighted by Crippen LogP contribution is 2.28. The summed E-state index contributed by atoms with van der Waals surface area (Å²) in [6.07, 6.45) is 2.87. The van der Waals surface area contributed by atoms with E-state index in [0.717, 1.165) is 0 Å². The van der Waals surface area contributed by atoms with Gasteiger partial charge in [0.05, 0.1) is 19.6 Å². The molecule has 3 nitrogen and oxygen atoms in total. The molecule has 1 aromatic rings. The fourth-order valence-corrected chi connectivity index (χ4v) is 2.30. The minimum absolute atomic E-state index is 0.130. The van der Waals surface area contributed by atoms with Crippen molar-refractivity contribution in [2.24, 2.45) is 0 Å². The van der Waals surface area contributed by atoms with Crippen LogP contribution >= 0.6 is 11.3 Å². The first-order chi connectivity index (χ1) is 7.29. The van der Waals surface area contributed by atoms with Crippen molar-refractivity contribution in [2.45, 2.75) is 31.3 Å². The normalized spacial score (nSPS) is 17.4. The summed E-state index contributed by atoms with van der Waals surface area (Å²) in [5, 5.41) is 5.50. The first-order valence-electron chi connectivity index (χ1n) is 5.16. The van der Waals surface area contributed by atoms with E-state index in [2.05, 4.69) is 11.4 Å². The molecule has 1 aliphatic carbocycles. The summed E-state index contributed by atoms with van der Waals surface area (Å²) < 4.78 is 4.71. The molecule has 15 heavy (non-hydrogen) atoms. The van der Waals surface area contributed by atoms with E-state index >= 15 is 0 Å². The van der Waals surface area contributed by atoms with Gasteiger partial charge in [0.2, 0.25) is 0 Å². The van der Waals surface area contributed by atoms with Crippen LogP contribution in [0.5, 0.6) is 0 Å². The fourth-order valence-electron chi connectivity index (χ4n) is 1.52. The molecule has 1 saturated carbocycles. The van der Waals surface area contributed by atoms with Crippen LogP contribution in [0.4, 0.5) is 0 Å². The van der Waals surface area contributed by atoms with Gasteiger partial charge in [0.1, 0.15) is 0 Å². The lowest BCUT2D eigenvalue weighted by Gasteiger charge is -2.15. The lowest BCUT2D eigenvalue weighted by atomic mass is 10.1. The van der Waals surface area contributed by atoms with E-state index in [0.29, 0.717) is 12.5 Å². The molecule has 82 valence electrons. The lowest BCUT2D eigenvalue weighted by Crippen LogP contribution is -2.25. The molecule has 1 aliphatic rings. The molecule has 4 heteroatoms. The summed E-state index contributed by atoms with van der Waals surface area (Å²) in [5.74, 6) is -0.151. The maximum atomic E-state index is 11.3. The van der Waals surface area contributed by atoms with Crippen LogP contribution in [0, 0.1) is 0 Å². The van der Waals surface area contributed by atoms with Crippen LogP contribution in [0.3, 0.4) is 0 Å². The summed E-state index contributed by atoms with van der Waals surface area (Å²) in [4.78, 5) is 12.5. The topological polar surface area (TPSA) is 38.3 Å². The van der Waals surface area contributed by atoms with E-state index in [9.17, 15) is 4.79 Å². The second-order valence-electron chi connectivity index (χ2n) is 3.79. The highest BCUT2D eigenvalue weighted by Gasteiger charge is 2.27. The SMILES string of the molecule is COC(=O)CC(NC1CC1)c1cccs1. The molecular formula is C11H15NO2S. The van der Waals surface area contributed by atoms with Crippen molar-refractivity contribution < 1.29 is 9.53 Å². The summed E-state index contributed by atoms with van der Waals surface area (Å²) in [6, 6.07) is 4.80. The van der Waals surface area contributed by atoms with Gasteiger partial charge in [-0.2, -0.15) is 0 Å². The van der Waals surface area contributed by atoms with Gasteiger partial charge in [-0.25, -0.2) is 0 Å². The molecule has 0 spiro atoms. The molecule has 0 saturated heterocycles. The van der Waals surface area contributed by atoms with E-state index in [1.807, 2.05) is 11.4 Å². The minimum atomic E-state index is -0.151. The molecular weight excluding hydrogens is 210 g/mol. The number of methoxy groups -OCH3 is 1. The number of hydrogen-bond acceptors (Lipinski definition) is 4.